The molecular weight excluding hydrogens is 288 g/mol. The van der Waals surface area contributed by atoms with Crippen LogP contribution in [0, 0.1) is 5.92 Å². The van der Waals surface area contributed by atoms with Crippen LogP contribution in [0.4, 0.5) is 5.69 Å². The van der Waals surface area contributed by atoms with Gasteiger partial charge in [-0.15, -0.1) is 0 Å². The van der Waals surface area contributed by atoms with Gasteiger partial charge in [-0.1, -0.05) is 19.9 Å². The van der Waals surface area contributed by atoms with Gasteiger partial charge in [0.2, 0.25) is 0 Å². The largest absolute Gasteiger partial charge is 0.491 e. The Balaban J connectivity index is 2.16. The highest BCUT2D eigenvalue weighted by Crippen LogP contribution is 2.23. The monoisotopic (exact) mass is 322 g/mol. The number of rotatable bonds is 12. The number of hydrogen-bond acceptors (Lipinski definition) is 4. The van der Waals surface area contributed by atoms with Crippen LogP contribution in [0.3, 0.4) is 0 Å². The SMILES string of the molecule is CC(C)COc1ccc(CCCNCCCOC(C)C)cc1N. The maximum Gasteiger partial charge on any atom is 0.142 e. The molecule has 1 rings (SSSR count). The summed E-state index contributed by atoms with van der Waals surface area (Å²) in [6, 6.07) is 6.14. The van der Waals surface area contributed by atoms with E-state index in [0.717, 1.165) is 50.4 Å². The van der Waals surface area contributed by atoms with Crippen LogP contribution in [-0.2, 0) is 11.2 Å². The van der Waals surface area contributed by atoms with E-state index in [9.17, 15) is 0 Å². The van der Waals surface area contributed by atoms with Crippen LogP contribution in [0.1, 0.15) is 46.1 Å². The molecule has 0 aliphatic heterocycles. The van der Waals surface area contributed by atoms with Gasteiger partial charge in [-0.25, -0.2) is 0 Å². The van der Waals surface area contributed by atoms with Crippen LogP contribution in [0.15, 0.2) is 18.2 Å². The fourth-order valence-electron chi connectivity index (χ4n) is 2.20. The van der Waals surface area contributed by atoms with Crippen LogP contribution in [0.2, 0.25) is 0 Å². The van der Waals surface area contributed by atoms with E-state index in [2.05, 4.69) is 39.1 Å². The van der Waals surface area contributed by atoms with Crippen LogP contribution < -0.4 is 15.8 Å². The number of anilines is 1. The Morgan fingerprint density at radius 3 is 2.48 bits per heavy atom. The summed E-state index contributed by atoms with van der Waals surface area (Å²) >= 11 is 0. The maximum absolute atomic E-state index is 6.06. The molecule has 1 aromatic carbocycles. The third kappa shape index (κ3) is 9.47. The van der Waals surface area contributed by atoms with Gasteiger partial charge in [0.25, 0.3) is 0 Å². The first-order valence-corrected chi connectivity index (χ1v) is 8.82. The van der Waals surface area contributed by atoms with E-state index in [0.29, 0.717) is 18.6 Å². The van der Waals surface area contributed by atoms with Gasteiger partial charge in [0.15, 0.2) is 0 Å². The first-order valence-electron chi connectivity index (χ1n) is 8.82. The summed E-state index contributed by atoms with van der Waals surface area (Å²) in [5, 5.41) is 3.45. The summed E-state index contributed by atoms with van der Waals surface area (Å²) in [5.74, 6) is 1.30. The van der Waals surface area contributed by atoms with E-state index >= 15 is 0 Å². The lowest BCUT2D eigenvalue weighted by Crippen LogP contribution is -2.19. The van der Waals surface area contributed by atoms with Crippen LogP contribution in [-0.4, -0.2) is 32.4 Å². The van der Waals surface area contributed by atoms with Gasteiger partial charge in [0, 0.05) is 6.61 Å². The smallest absolute Gasteiger partial charge is 0.142 e. The number of benzene rings is 1. The Labute approximate surface area is 141 Å². The molecule has 132 valence electrons. The van der Waals surface area contributed by atoms with E-state index in [1.807, 2.05) is 12.1 Å². The predicted octanol–water partition coefficient (Wildman–Crippen LogP) is 3.64. The van der Waals surface area contributed by atoms with Crippen molar-refractivity contribution < 1.29 is 9.47 Å². The zero-order valence-electron chi connectivity index (χ0n) is 15.2. The van der Waals surface area contributed by atoms with Crippen molar-refractivity contribution in [1.29, 1.82) is 0 Å². The first kappa shape index (κ1) is 19.8. The zero-order valence-corrected chi connectivity index (χ0v) is 15.2. The van der Waals surface area contributed by atoms with E-state index in [4.69, 9.17) is 15.2 Å². The van der Waals surface area contributed by atoms with Gasteiger partial charge in [-0.05, 0) is 69.8 Å². The standard InChI is InChI=1S/C19H34N2O2/c1-15(2)14-23-19-9-8-17(13-18(19)20)7-5-10-21-11-6-12-22-16(3)4/h8-9,13,15-16,21H,5-7,10-12,14,20H2,1-4H3. The fraction of sp³-hybridized carbons (Fsp3) is 0.684. The van der Waals surface area contributed by atoms with Crippen molar-refractivity contribution in [3.8, 4) is 5.75 Å². The minimum absolute atomic E-state index is 0.327. The lowest BCUT2D eigenvalue weighted by Gasteiger charge is -2.12. The molecule has 4 nitrogen and oxygen atoms in total. The molecule has 0 aromatic heterocycles. The van der Waals surface area contributed by atoms with Crippen molar-refractivity contribution in [1.82, 2.24) is 5.32 Å². The Kier molecular flexibility index (Phi) is 9.72. The summed E-state index contributed by atoms with van der Waals surface area (Å²) in [5.41, 5.74) is 8.07. The minimum atomic E-state index is 0.327. The molecule has 0 aliphatic carbocycles. The molecule has 0 spiro atoms. The molecule has 0 radical (unpaired) electrons. The molecule has 0 saturated heterocycles. The highest BCUT2D eigenvalue weighted by atomic mass is 16.5. The normalized spacial score (nSPS) is 11.4. The lowest BCUT2D eigenvalue weighted by atomic mass is 10.1. The maximum atomic E-state index is 6.06. The summed E-state index contributed by atoms with van der Waals surface area (Å²) < 4.78 is 11.2. The Morgan fingerprint density at radius 1 is 1.09 bits per heavy atom. The summed E-state index contributed by atoms with van der Waals surface area (Å²) in [6.45, 7) is 12.0. The van der Waals surface area contributed by atoms with Crippen molar-refractivity contribution in [2.45, 2.75) is 53.1 Å². The number of nitrogen functional groups attached to an aromatic ring is 1. The van der Waals surface area contributed by atoms with Crippen molar-refractivity contribution in [2.24, 2.45) is 5.92 Å². The van der Waals surface area contributed by atoms with Gasteiger partial charge in [-0.2, -0.15) is 0 Å². The van der Waals surface area contributed by atoms with Crippen LogP contribution >= 0.6 is 0 Å². The molecule has 23 heavy (non-hydrogen) atoms. The molecule has 0 amide bonds. The molecule has 3 N–H and O–H groups in total. The summed E-state index contributed by atoms with van der Waals surface area (Å²) in [6.07, 6.45) is 3.53. The van der Waals surface area contributed by atoms with E-state index in [1.165, 1.54) is 5.56 Å². The molecule has 0 atom stereocenters. The summed E-state index contributed by atoms with van der Waals surface area (Å²) in [4.78, 5) is 0. The van der Waals surface area contributed by atoms with Gasteiger partial charge >= 0.3 is 0 Å². The molecule has 0 aliphatic rings. The molecule has 4 heteroatoms. The molecule has 0 fully saturated rings. The Hall–Kier alpha value is -1.26. The second kappa shape index (κ2) is 11.3. The average molecular weight is 322 g/mol. The number of hydrogen-bond donors (Lipinski definition) is 2. The van der Waals surface area contributed by atoms with Crippen LogP contribution in [0.25, 0.3) is 0 Å². The molecule has 1 aromatic rings. The second-order valence-electron chi connectivity index (χ2n) is 6.70. The molecule has 0 heterocycles. The first-order chi connectivity index (χ1) is 11.0. The highest BCUT2D eigenvalue weighted by Gasteiger charge is 2.03. The predicted molar refractivity (Wildman–Crippen MR) is 98.1 cm³/mol. The minimum Gasteiger partial charge on any atom is -0.491 e. The lowest BCUT2D eigenvalue weighted by molar-refractivity contribution is 0.0771. The van der Waals surface area contributed by atoms with Gasteiger partial charge in [0.05, 0.1) is 18.4 Å². The molecule has 0 saturated carbocycles. The molecular formula is C19H34N2O2. The van der Waals surface area contributed by atoms with Crippen molar-refractivity contribution in [2.75, 3.05) is 32.0 Å². The number of ether oxygens (including phenoxy) is 2. The Morgan fingerprint density at radius 2 is 1.83 bits per heavy atom. The number of nitrogens with two attached hydrogens (primary N) is 1. The molecule has 0 unspecified atom stereocenters. The second-order valence-corrected chi connectivity index (χ2v) is 6.70. The quantitative estimate of drug-likeness (QED) is 0.456. The van der Waals surface area contributed by atoms with Crippen molar-refractivity contribution in [3.05, 3.63) is 23.8 Å². The van der Waals surface area contributed by atoms with Crippen molar-refractivity contribution >= 4 is 5.69 Å². The zero-order chi connectivity index (χ0) is 17.1. The number of nitrogens with one attached hydrogen (secondary N) is 1. The summed E-state index contributed by atoms with van der Waals surface area (Å²) in [7, 11) is 0. The third-order valence-electron chi connectivity index (χ3n) is 3.41. The van der Waals surface area contributed by atoms with Crippen molar-refractivity contribution in [3.63, 3.8) is 0 Å². The Bertz CT molecular complexity index is 433. The van der Waals surface area contributed by atoms with E-state index < -0.39 is 0 Å². The van der Waals surface area contributed by atoms with Gasteiger partial charge in [-0.3, -0.25) is 0 Å². The molecule has 0 bridgehead atoms. The number of aryl methyl sites for hydroxylation is 1. The van der Waals surface area contributed by atoms with E-state index in [1.54, 1.807) is 0 Å². The van der Waals surface area contributed by atoms with Gasteiger partial charge in [0.1, 0.15) is 5.75 Å². The fourth-order valence-corrected chi connectivity index (χ4v) is 2.20. The van der Waals surface area contributed by atoms with Crippen LogP contribution in [0.5, 0.6) is 5.75 Å². The van der Waals surface area contributed by atoms with E-state index in [-0.39, 0.29) is 0 Å². The topological polar surface area (TPSA) is 56.5 Å². The third-order valence-corrected chi connectivity index (χ3v) is 3.41. The highest BCUT2D eigenvalue weighted by molar-refractivity contribution is 5.54. The van der Waals surface area contributed by atoms with Gasteiger partial charge < -0.3 is 20.5 Å². The average Bonchev–Trinajstić information content (AvgIpc) is 2.48.